The number of imide groups is 1. The molecular formula is C29H24ClN3O6. The van der Waals surface area contributed by atoms with Crippen LogP contribution in [0, 0.1) is 0 Å². The molecule has 1 aliphatic rings. The van der Waals surface area contributed by atoms with Crippen molar-refractivity contribution in [2.24, 2.45) is 0 Å². The number of ether oxygens (including phenoxy) is 1. The van der Waals surface area contributed by atoms with Crippen molar-refractivity contribution in [3.8, 4) is 0 Å². The van der Waals surface area contributed by atoms with Crippen molar-refractivity contribution in [1.82, 2.24) is 0 Å². The van der Waals surface area contributed by atoms with Gasteiger partial charge in [-0.05, 0) is 61.9 Å². The van der Waals surface area contributed by atoms with Gasteiger partial charge >= 0.3 is 5.97 Å². The van der Waals surface area contributed by atoms with E-state index in [9.17, 15) is 24.0 Å². The Balaban J connectivity index is 1.51. The number of nitrogens with zero attached hydrogens (tertiary/aromatic N) is 1. The molecule has 0 saturated heterocycles. The average Bonchev–Trinajstić information content (AvgIpc) is 3.14. The summed E-state index contributed by atoms with van der Waals surface area (Å²) in [6.45, 7) is 3.54. The second-order valence-corrected chi connectivity index (χ2v) is 9.00. The summed E-state index contributed by atoms with van der Waals surface area (Å²) in [5.41, 5.74) is 1.68. The number of ketones is 1. The van der Waals surface area contributed by atoms with Crippen LogP contribution >= 0.6 is 11.6 Å². The van der Waals surface area contributed by atoms with Gasteiger partial charge in [0.05, 0.1) is 17.9 Å². The summed E-state index contributed by atoms with van der Waals surface area (Å²) in [7, 11) is 0. The van der Waals surface area contributed by atoms with Crippen LogP contribution in [0.1, 0.15) is 51.3 Å². The highest BCUT2D eigenvalue weighted by Crippen LogP contribution is 2.31. The molecule has 0 radical (unpaired) electrons. The van der Waals surface area contributed by atoms with Crippen LogP contribution in [-0.2, 0) is 14.3 Å². The molecule has 1 heterocycles. The van der Waals surface area contributed by atoms with Crippen molar-refractivity contribution in [3.63, 3.8) is 0 Å². The highest BCUT2D eigenvalue weighted by atomic mass is 35.5. The number of hydrogen-bond acceptors (Lipinski definition) is 7. The molecule has 0 atom stereocenters. The first-order valence-electron chi connectivity index (χ1n) is 12.0. The van der Waals surface area contributed by atoms with Gasteiger partial charge < -0.3 is 15.4 Å². The van der Waals surface area contributed by atoms with Crippen LogP contribution in [-0.4, -0.2) is 36.1 Å². The third-order valence-corrected chi connectivity index (χ3v) is 6.08. The van der Waals surface area contributed by atoms with E-state index in [-0.39, 0.29) is 39.9 Å². The Morgan fingerprint density at radius 1 is 0.846 bits per heavy atom. The van der Waals surface area contributed by atoms with Gasteiger partial charge in [-0.2, -0.15) is 0 Å². The lowest BCUT2D eigenvalue weighted by atomic mass is 10.1. The molecule has 2 N–H and O–H groups in total. The molecular weight excluding hydrogens is 522 g/mol. The summed E-state index contributed by atoms with van der Waals surface area (Å²) >= 11 is 6.25. The van der Waals surface area contributed by atoms with E-state index in [2.05, 4.69) is 10.6 Å². The number of halogens is 1. The van der Waals surface area contributed by atoms with Crippen LogP contribution in [0.5, 0.6) is 0 Å². The number of benzene rings is 3. The number of Topliss-reactive ketones (excluding diaryl/α,β-unsaturated/α-hetero) is 1. The Hall–Kier alpha value is -4.76. The Labute approximate surface area is 229 Å². The van der Waals surface area contributed by atoms with Crippen LogP contribution in [0.4, 0.5) is 17.1 Å². The highest BCUT2D eigenvalue weighted by Gasteiger charge is 2.39. The molecule has 1 aliphatic heterocycles. The van der Waals surface area contributed by atoms with Gasteiger partial charge in [-0.25, -0.2) is 9.69 Å². The number of nitrogens with one attached hydrogen (secondary N) is 2. The van der Waals surface area contributed by atoms with Gasteiger partial charge in [-0.1, -0.05) is 42.8 Å². The fraction of sp³-hybridized carbons (Fsp3) is 0.138. The topological polar surface area (TPSA) is 122 Å². The lowest BCUT2D eigenvalue weighted by molar-refractivity contribution is -0.120. The molecule has 4 rings (SSSR count). The molecule has 0 saturated carbocycles. The molecule has 3 aromatic carbocycles. The van der Waals surface area contributed by atoms with Crippen molar-refractivity contribution >= 4 is 58.1 Å². The fourth-order valence-corrected chi connectivity index (χ4v) is 4.01. The third-order valence-electron chi connectivity index (χ3n) is 5.73. The lowest BCUT2D eigenvalue weighted by Crippen LogP contribution is -2.32. The summed E-state index contributed by atoms with van der Waals surface area (Å²) < 4.78 is 5.13. The predicted octanol–water partition coefficient (Wildman–Crippen LogP) is 5.14. The second-order valence-electron chi connectivity index (χ2n) is 8.62. The van der Waals surface area contributed by atoms with Crippen LogP contribution in [0.25, 0.3) is 0 Å². The van der Waals surface area contributed by atoms with E-state index in [0.29, 0.717) is 23.4 Å². The minimum absolute atomic E-state index is 0.129. The zero-order valence-electron chi connectivity index (χ0n) is 21.1. The monoisotopic (exact) mass is 545 g/mol. The maximum atomic E-state index is 13.2. The number of hydrogen-bond donors (Lipinski definition) is 2. The zero-order chi connectivity index (χ0) is 28.1. The number of esters is 1. The summed E-state index contributed by atoms with van der Waals surface area (Å²) in [4.78, 5) is 63.7. The Morgan fingerprint density at radius 3 is 2.21 bits per heavy atom. The number of carbonyl (C=O) groups excluding carboxylic acids is 5. The first-order chi connectivity index (χ1) is 18.7. The summed E-state index contributed by atoms with van der Waals surface area (Å²) in [5.74, 6) is -2.63. The molecule has 0 bridgehead atoms. The number of rotatable bonds is 9. The molecule has 10 heteroatoms. The molecule has 0 spiro atoms. The van der Waals surface area contributed by atoms with Crippen molar-refractivity contribution in [2.45, 2.75) is 20.3 Å². The summed E-state index contributed by atoms with van der Waals surface area (Å²) in [6.07, 6.45) is 0.652. The second kappa shape index (κ2) is 11.7. The third kappa shape index (κ3) is 6.05. The molecule has 39 heavy (non-hydrogen) atoms. The van der Waals surface area contributed by atoms with Gasteiger partial charge in [0.1, 0.15) is 10.7 Å². The first-order valence-corrected chi connectivity index (χ1v) is 12.4. The van der Waals surface area contributed by atoms with Crippen LogP contribution in [0.2, 0.25) is 0 Å². The lowest BCUT2D eigenvalue weighted by Gasteiger charge is -2.16. The Morgan fingerprint density at radius 2 is 1.49 bits per heavy atom. The molecule has 198 valence electrons. The minimum atomic E-state index is -0.762. The van der Waals surface area contributed by atoms with Crippen LogP contribution in [0.15, 0.2) is 83.5 Å². The quantitative estimate of drug-likeness (QED) is 0.217. The summed E-state index contributed by atoms with van der Waals surface area (Å²) in [5, 5.41) is 5.23. The SMILES string of the molecule is CCCOC(=O)c1cccc(N2C(=O)C(Cl)=C(Nc3cccc(C(=O)Nc4cccc(C(C)=O)c4)c3)C2=O)c1. The highest BCUT2D eigenvalue weighted by molar-refractivity contribution is 6.53. The fourth-order valence-electron chi connectivity index (χ4n) is 3.80. The smallest absolute Gasteiger partial charge is 0.338 e. The van der Waals surface area contributed by atoms with Crippen molar-refractivity contribution in [1.29, 1.82) is 0 Å². The largest absolute Gasteiger partial charge is 0.462 e. The molecule has 0 aliphatic carbocycles. The normalized spacial score (nSPS) is 12.9. The molecule has 9 nitrogen and oxygen atoms in total. The van der Waals surface area contributed by atoms with E-state index in [4.69, 9.17) is 16.3 Å². The Bertz CT molecular complexity index is 1530. The molecule has 0 fully saturated rings. The average molecular weight is 546 g/mol. The van der Waals surface area contributed by atoms with Gasteiger partial charge in [-0.15, -0.1) is 0 Å². The van der Waals surface area contributed by atoms with Gasteiger partial charge in [0, 0.05) is 22.5 Å². The van der Waals surface area contributed by atoms with Crippen molar-refractivity contribution < 1.29 is 28.7 Å². The standard InChI is InChI=1S/C29H24ClN3O6/c1-3-13-39-29(38)20-9-6-12-23(16-20)33-27(36)24(30)25(28(33)37)31-21-10-5-8-19(15-21)26(35)32-22-11-4-7-18(14-22)17(2)34/h4-12,14-16,31H,3,13H2,1-2H3,(H,32,35). The van der Waals surface area contributed by atoms with Gasteiger partial charge in [-0.3, -0.25) is 19.2 Å². The minimum Gasteiger partial charge on any atom is -0.462 e. The van der Waals surface area contributed by atoms with E-state index in [1.54, 1.807) is 42.5 Å². The van der Waals surface area contributed by atoms with Crippen molar-refractivity contribution in [2.75, 3.05) is 22.1 Å². The predicted molar refractivity (Wildman–Crippen MR) is 147 cm³/mol. The molecule has 3 aromatic rings. The molecule has 0 unspecified atom stereocenters. The number of amides is 3. The van der Waals surface area contributed by atoms with Gasteiger partial charge in [0.15, 0.2) is 5.78 Å². The van der Waals surface area contributed by atoms with Crippen molar-refractivity contribution in [3.05, 3.63) is 100 Å². The Kier molecular flexibility index (Phi) is 8.21. The van der Waals surface area contributed by atoms with Gasteiger partial charge in [0.25, 0.3) is 17.7 Å². The maximum absolute atomic E-state index is 13.2. The molecule has 0 aromatic heterocycles. The van der Waals surface area contributed by atoms with E-state index >= 15 is 0 Å². The zero-order valence-corrected chi connectivity index (χ0v) is 21.9. The summed E-state index contributed by atoms with van der Waals surface area (Å²) in [6, 6.07) is 18.8. The number of anilines is 3. The van der Waals surface area contributed by atoms with Gasteiger partial charge in [0.2, 0.25) is 0 Å². The van der Waals surface area contributed by atoms with Crippen LogP contribution < -0.4 is 15.5 Å². The first kappa shape index (κ1) is 27.3. The maximum Gasteiger partial charge on any atom is 0.338 e. The van der Waals surface area contributed by atoms with Crippen LogP contribution in [0.3, 0.4) is 0 Å². The van der Waals surface area contributed by atoms with E-state index in [1.165, 1.54) is 37.3 Å². The number of carbonyl (C=O) groups is 5. The van der Waals surface area contributed by atoms with E-state index in [1.807, 2.05) is 6.92 Å². The van der Waals surface area contributed by atoms with E-state index < -0.39 is 23.7 Å². The molecule has 3 amide bonds. The van der Waals surface area contributed by atoms with E-state index in [0.717, 1.165) is 4.90 Å².